The number of allylic oxidation sites excluding steroid dienone is 1. The molecule has 2 aromatic heterocycles. The number of aliphatic hydroxyl groups is 1. The lowest BCUT2D eigenvalue weighted by Gasteiger charge is -2.03. The molecule has 0 saturated carbocycles. The van der Waals surface area contributed by atoms with E-state index in [1.807, 2.05) is 6.92 Å². The monoisotopic (exact) mass is 405 g/mol. The number of aliphatic hydroxyl groups excluding tert-OH is 1. The second-order valence-corrected chi connectivity index (χ2v) is 6.53. The summed E-state index contributed by atoms with van der Waals surface area (Å²) in [5.41, 5.74) is 0.174. The Labute approximate surface area is 164 Å². The highest BCUT2D eigenvalue weighted by Crippen LogP contribution is 2.25. The lowest BCUT2D eigenvalue weighted by molar-refractivity contribution is -0.113. The van der Waals surface area contributed by atoms with Gasteiger partial charge in [-0.15, -0.1) is 10.2 Å². The van der Waals surface area contributed by atoms with E-state index in [9.17, 15) is 14.7 Å². The zero-order valence-corrected chi connectivity index (χ0v) is 16.3. The van der Waals surface area contributed by atoms with Crippen LogP contribution in [0.1, 0.15) is 34.8 Å². The van der Waals surface area contributed by atoms with E-state index in [0.717, 1.165) is 16.8 Å². The minimum atomic E-state index is -1.24. The van der Waals surface area contributed by atoms with Crippen LogP contribution >= 0.6 is 11.3 Å². The molecule has 2 rings (SSSR count). The molecule has 2 heterocycles. The van der Waals surface area contributed by atoms with Crippen molar-refractivity contribution in [2.45, 2.75) is 27.4 Å². The number of anilines is 1. The van der Waals surface area contributed by atoms with E-state index in [1.54, 1.807) is 6.92 Å². The molecule has 0 aliphatic carbocycles. The summed E-state index contributed by atoms with van der Waals surface area (Å²) in [5.74, 6) is -2.35. The highest BCUT2D eigenvalue weighted by atomic mass is 32.1. The molecule has 28 heavy (non-hydrogen) atoms. The molecule has 0 atom stereocenters. The van der Waals surface area contributed by atoms with Crippen molar-refractivity contribution in [3.63, 3.8) is 0 Å². The Morgan fingerprint density at radius 3 is 2.75 bits per heavy atom. The zero-order valence-electron chi connectivity index (χ0n) is 15.5. The first-order valence-corrected chi connectivity index (χ1v) is 8.99. The Kier molecular flexibility index (Phi) is 7.29. The van der Waals surface area contributed by atoms with Crippen LogP contribution in [0.2, 0.25) is 0 Å². The van der Waals surface area contributed by atoms with Gasteiger partial charge >= 0.3 is 5.97 Å². The van der Waals surface area contributed by atoms with Gasteiger partial charge in [0, 0.05) is 19.0 Å². The average molecular weight is 405 g/mol. The molecule has 0 bridgehead atoms. The Morgan fingerprint density at radius 2 is 2.11 bits per heavy atom. The van der Waals surface area contributed by atoms with Crippen LogP contribution in [0.5, 0.6) is 0 Å². The fourth-order valence-corrected chi connectivity index (χ4v) is 2.89. The number of hydrogen-bond acceptors (Lipinski definition) is 9. The Morgan fingerprint density at radius 1 is 1.36 bits per heavy atom. The van der Waals surface area contributed by atoms with Gasteiger partial charge < -0.3 is 14.9 Å². The predicted molar refractivity (Wildman–Crippen MR) is 102 cm³/mol. The van der Waals surface area contributed by atoms with Crippen LogP contribution in [-0.2, 0) is 16.1 Å². The number of pyridine rings is 1. The lowest BCUT2D eigenvalue weighted by atomic mass is 10.2. The van der Waals surface area contributed by atoms with Crippen LogP contribution in [0.25, 0.3) is 0 Å². The SMILES string of the molecule is CCOCc1sc(NC(=O)C(N=Nc2ccncc2C(=O)O)=C(C)O)nc1C. The van der Waals surface area contributed by atoms with Gasteiger partial charge in [-0.05, 0) is 26.8 Å². The van der Waals surface area contributed by atoms with Gasteiger partial charge in [-0.1, -0.05) is 11.3 Å². The molecule has 0 fully saturated rings. The van der Waals surface area contributed by atoms with E-state index in [2.05, 4.69) is 25.5 Å². The van der Waals surface area contributed by atoms with Crippen molar-refractivity contribution in [3.8, 4) is 0 Å². The molecule has 1 amide bonds. The highest BCUT2D eigenvalue weighted by molar-refractivity contribution is 7.15. The number of aromatic nitrogens is 2. The molecular formula is C17H19N5O5S. The number of aromatic carboxylic acids is 1. The Bertz CT molecular complexity index is 934. The van der Waals surface area contributed by atoms with Gasteiger partial charge in [0.2, 0.25) is 0 Å². The number of ether oxygens (including phenoxy) is 1. The van der Waals surface area contributed by atoms with Crippen molar-refractivity contribution in [1.29, 1.82) is 0 Å². The first kappa shape index (κ1) is 21.1. The van der Waals surface area contributed by atoms with Gasteiger partial charge in [0.15, 0.2) is 10.8 Å². The Hall–Kier alpha value is -3.18. The maximum absolute atomic E-state index is 12.5. The first-order chi connectivity index (χ1) is 13.3. The maximum atomic E-state index is 12.5. The molecule has 10 nitrogen and oxygen atoms in total. The molecule has 148 valence electrons. The van der Waals surface area contributed by atoms with E-state index in [4.69, 9.17) is 9.84 Å². The van der Waals surface area contributed by atoms with Gasteiger partial charge in [-0.25, -0.2) is 9.78 Å². The van der Waals surface area contributed by atoms with Gasteiger partial charge in [-0.2, -0.15) is 0 Å². The molecule has 0 spiro atoms. The van der Waals surface area contributed by atoms with Crippen molar-refractivity contribution in [3.05, 3.63) is 46.1 Å². The molecule has 0 radical (unpaired) electrons. The predicted octanol–water partition coefficient (Wildman–Crippen LogP) is 3.59. The summed E-state index contributed by atoms with van der Waals surface area (Å²) < 4.78 is 5.34. The highest BCUT2D eigenvalue weighted by Gasteiger charge is 2.17. The van der Waals surface area contributed by atoms with E-state index in [0.29, 0.717) is 18.3 Å². The van der Waals surface area contributed by atoms with E-state index in [1.165, 1.54) is 30.5 Å². The quantitative estimate of drug-likeness (QED) is 0.345. The summed E-state index contributed by atoms with van der Waals surface area (Å²) in [6, 6.07) is 1.33. The summed E-state index contributed by atoms with van der Waals surface area (Å²) in [6.07, 6.45) is 2.46. The normalized spacial score (nSPS) is 12.1. The van der Waals surface area contributed by atoms with Crippen LogP contribution in [0, 0.1) is 6.92 Å². The van der Waals surface area contributed by atoms with Crippen molar-refractivity contribution in [2.75, 3.05) is 11.9 Å². The number of nitrogens with one attached hydrogen (secondary N) is 1. The smallest absolute Gasteiger partial charge is 0.339 e. The molecule has 0 aromatic carbocycles. The van der Waals surface area contributed by atoms with E-state index in [-0.39, 0.29) is 22.7 Å². The number of azo groups is 1. The topological polar surface area (TPSA) is 146 Å². The number of amides is 1. The number of carbonyl (C=O) groups excluding carboxylic acids is 1. The van der Waals surface area contributed by atoms with Crippen LogP contribution < -0.4 is 5.32 Å². The third-order valence-electron chi connectivity index (χ3n) is 3.39. The second-order valence-electron chi connectivity index (χ2n) is 5.45. The fraction of sp³-hybridized carbons (Fsp3) is 0.294. The van der Waals surface area contributed by atoms with Crippen LogP contribution in [0.4, 0.5) is 10.8 Å². The second kappa shape index (κ2) is 9.67. The lowest BCUT2D eigenvalue weighted by Crippen LogP contribution is -2.14. The number of aryl methyl sites for hydroxylation is 1. The molecule has 0 unspecified atom stereocenters. The Balaban J connectivity index is 2.20. The number of carbonyl (C=O) groups is 2. The fourth-order valence-electron chi connectivity index (χ4n) is 1.99. The van der Waals surface area contributed by atoms with Crippen molar-refractivity contribution < 1.29 is 24.5 Å². The third kappa shape index (κ3) is 5.41. The number of rotatable bonds is 8. The van der Waals surface area contributed by atoms with Crippen LogP contribution in [-0.4, -0.2) is 38.7 Å². The number of carboxylic acid groups (broad SMARTS) is 1. The molecule has 0 saturated heterocycles. The van der Waals surface area contributed by atoms with Crippen LogP contribution in [0.3, 0.4) is 0 Å². The van der Waals surface area contributed by atoms with Gasteiger partial charge in [0.1, 0.15) is 17.0 Å². The average Bonchev–Trinajstić information content (AvgIpc) is 2.99. The minimum Gasteiger partial charge on any atom is -0.510 e. The van der Waals surface area contributed by atoms with Gasteiger partial charge in [0.25, 0.3) is 5.91 Å². The van der Waals surface area contributed by atoms with E-state index < -0.39 is 11.9 Å². The third-order valence-corrected chi connectivity index (χ3v) is 4.44. The molecule has 0 aliphatic heterocycles. The summed E-state index contributed by atoms with van der Waals surface area (Å²) in [7, 11) is 0. The molecule has 11 heteroatoms. The summed E-state index contributed by atoms with van der Waals surface area (Å²) in [6.45, 7) is 5.89. The molecule has 3 N–H and O–H groups in total. The zero-order chi connectivity index (χ0) is 20.7. The van der Waals surface area contributed by atoms with Crippen molar-refractivity contribution >= 4 is 34.0 Å². The van der Waals surface area contributed by atoms with Gasteiger partial charge in [-0.3, -0.25) is 15.1 Å². The maximum Gasteiger partial charge on any atom is 0.339 e. The minimum absolute atomic E-state index is 0.00172. The number of carboxylic acids is 1. The van der Waals surface area contributed by atoms with E-state index >= 15 is 0 Å². The molecular weight excluding hydrogens is 386 g/mol. The first-order valence-electron chi connectivity index (χ1n) is 8.17. The summed E-state index contributed by atoms with van der Waals surface area (Å²) in [4.78, 5) is 32.5. The van der Waals surface area contributed by atoms with Crippen molar-refractivity contribution in [1.82, 2.24) is 9.97 Å². The molecule has 2 aromatic rings. The van der Waals surface area contributed by atoms with Crippen LogP contribution in [0.15, 0.2) is 40.1 Å². The van der Waals surface area contributed by atoms with Gasteiger partial charge in [0.05, 0.1) is 17.2 Å². The number of hydrogen-bond donors (Lipinski definition) is 3. The number of thiazole rings is 1. The summed E-state index contributed by atoms with van der Waals surface area (Å²) >= 11 is 1.25. The number of nitrogens with zero attached hydrogens (tertiary/aromatic N) is 4. The standard InChI is InChI=1S/C17H19N5O5S/c1-4-27-8-13-9(2)19-17(28-13)20-15(24)14(10(3)23)22-21-12-5-6-18-7-11(12)16(25)26/h5-7,23H,4,8H2,1-3H3,(H,25,26)(H,19,20,24). The molecule has 0 aliphatic rings. The van der Waals surface area contributed by atoms with Crippen molar-refractivity contribution in [2.24, 2.45) is 10.2 Å². The largest absolute Gasteiger partial charge is 0.510 e. The summed E-state index contributed by atoms with van der Waals surface area (Å²) in [5, 5.41) is 29.3.